The van der Waals surface area contributed by atoms with Crippen LogP contribution < -0.4 is 10.1 Å². The predicted molar refractivity (Wildman–Crippen MR) is 104 cm³/mol. The van der Waals surface area contributed by atoms with Gasteiger partial charge in [-0.25, -0.2) is 8.42 Å². The number of ether oxygens (including phenoxy) is 1. The minimum atomic E-state index is -3.42. The summed E-state index contributed by atoms with van der Waals surface area (Å²) in [5.74, 6) is 0.578. The van der Waals surface area contributed by atoms with E-state index in [-0.39, 0.29) is 22.9 Å². The Kier molecular flexibility index (Phi) is 6.42. The second-order valence-electron chi connectivity index (χ2n) is 6.42. The van der Waals surface area contributed by atoms with Gasteiger partial charge >= 0.3 is 0 Å². The molecule has 1 amide bonds. The van der Waals surface area contributed by atoms with Crippen molar-refractivity contribution in [1.29, 1.82) is 0 Å². The molecule has 2 rings (SSSR count). The van der Waals surface area contributed by atoms with Crippen molar-refractivity contribution < 1.29 is 17.9 Å². The molecule has 26 heavy (non-hydrogen) atoms. The Morgan fingerprint density at radius 3 is 2.50 bits per heavy atom. The molecule has 2 aromatic rings. The van der Waals surface area contributed by atoms with Gasteiger partial charge in [0.15, 0.2) is 16.4 Å². The summed E-state index contributed by atoms with van der Waals surface area (Å²) in [7, 11) is -3.42. The van der Waals surface area contributed by atoms with Gasteiger partial charge in [0.2, 0.25) is 0 Å². The maximum absolute atomic E-state index is 12.3. The molecule has 0 aliphatic heterocycles. The van der Waals surface area contributed by atoms with Crippen molar-refractivity contribution in [3.05, 3.63) is 53.6 Å². The lowest BCUT2D eigenvalue weighted by atomic mass is 10.0. The molecule has 0 radical (unpaired) electrons. The van der Waals surface area contributed by atoms with Gasteiger partial charge < -0.3 is 10.1 Å². The maximum Gasteiger partial charge on any atom is 0.262 e. The van der Waals surface area contributed by atoms with Crippen LogP contribution >= 0.6 is 0 Å². The molecule has 0 fully saturated rings. The topological polar surface area (TPSA) is 72.5 Å². The van der Waals surface area contributed by atoms with Crippen LogP contribution in [0.5, 0.6) is 5.75 Å². The van der Waals surface area contributed by atoms with Gasteiger partial charge in [-0.15, -0.1) is 0 Å². The van der Waals surface area contributed by atoms with Crippen LogP contribution in [0.25, 0.3) is 0 Å². The van der Waals surface area contributed by atoms with Gasteiger partial charge in [0.25, 0.3) is 5.91 Å². The number of anilines is 1. The van der Waals surface area contributed by atoms with E-state index in [2.05, 4.69) is 19.2 Å². The molecule has 0 bridgehead atoms. The highest BCUT2D eigenvalue weighted by Gasteiger charge is 2.17. The van der Waals surface area contributed by atoms with Gasteiger partial charge in [-0.2, -0.15) is 0 Å². The molecule has 0 heterocycles. The normalized spacial score (nSPS) is 11.4. The molecule has 1 N–H and O–H groups in total. The van der Waals surface area contributed by atoms with Crippen LogP contribution in [-0.4, -0.2) is 26.7 Å². The molecule has 0 atom stereocenters. The Morgan fingerprint density at radius 1 is 1.15 bits per heavy atom. The predicted octanol–water partition coefficient (Wildman–Crippen LogP) is 3.93. The van der Waals surface area contributed by atoms with Crippen LogP contribution in [0.3, 0.4) is 0 Å². The van der Waals surface area contributed by atoms with E-state index in [1.54, 1.807) is 25.1 Å². The number of hydrogen-bond donors (Lipinski definition) is 1. The average Bonchev–Trinajstić information content (AvgIpc) is 2.61. The number of benzene rings is 2. The lowest BCUT2D eigenvalue weighted by Gasteiger charge is -2.14. The number of rotatable bonds is 7. The van der Waals surface area contributed by atoms with Crippen molar-refractivity contribution in [1.82, 2.24) is 0 Å². The van der Waals surface area contributed by atoms with Gasteiger partial charge in [0, 0.05) is 0 Å². The molecule has 0 unspecified atom stereocenters. The molecule has 0 aromatic heterocycles. The Morgan fingerprint density at radius 2 is 1.85 bits per heavy atom. The molecular formula is C20H25NO4S. The molecule has 0 aliphatic rings. The van der Waals surface area contributed by atoms with Crippen LogP contribution in [0.1, 0.15) is 37.8 Å². The first-order valence-electron chi connectivity index (χ1n) is 8.59. The zero-order chi connectivity index (χ0) is 19.3. The summed E-state index contributed by atoms with van der Waals surface area (Å²) in [6.07, 6.45) is 0. The molecule has 5 nitrogen and oxygen atoms in total. The molecule has 0 aliphatic carbocycles. The van der Waals surface area contributed by atoms with Crippen LogP contribution in [0.2, 0.25) is 0 Å². The minimum Gasteiger partial charge on any atom is -0.483 e. The SMILES string of the molecule is CCS(=O)(=O)c1ccccc1NC(=O)COc1cc(C(C)C)ccc1C. The highest BCUT2D eigenvalue weighted by molar-refractivity contribution is 7.91. The van der Waals surface area contributed by atoms with Gasteiger partial charge in [-0.3, -0.25) is 4.79 Å². The van der Waals surface area contributed by atoms with Gasteiger partial charge in [-0.05, 0) is 42.2 Å². The fourth-order valence-corrected chi connectivity index (χ4v) is 3.51. The smallest absolute Gasteiger partial charge is 0.262 e. The quantitative estimate of drug-likeness (QED) is 0.796. The fourth-order valence-electron chi connectivity index (χ4n) is 2.46. The van der Waals surface area contributed by atoms with Crippen molar-refractivity contribution in [2.45, 2.75) is 38.5 Å². The number of para-hydroxylation sites is 1. The number of nitrogens with one attached hydrogen (secondary N) is 1. The molecule has 0 saturated carbocycles. The van der Waals surface area contributed by atoms with Crippen molar-refractivity contribution in [2.75, 3.05) is 17.7 Å². The van der Waals surface area contributed by atoms with E-state index in [4.69, 9.17) is 4.74 Å². The molecule has 0 spiro atoms. The Balaban J connectivity index is 2.11. The van der Waals surface area contributed by atoms with Crippen molar-refractivity contribution >= 4 is 21.4 Å². The fraction of sp³-hybridized carbons (Fsp3) is 0.350. The zero-order valence-corrected chi connectivity index (χ0v) is 16.4. The third kappa shape index (κ3) is 4.85. The van der Waals surface area contributed by atoms with E-state index in [0.29, 0.717) is 11.7 Å². The number of amides is 1. The molecule has 0 saturated heterocycles. The van der Waals surface area contributed by atoms with Crippen LogP contribution in [0.15, 0.2) is 47.4 Å². The first-order valence-corrected chi connectivity index (χ1v) is 10.2. The number of aryl methyl sites for hydroxylation is 1. The highest BCUT2D eigenvalue weighted by Crippen LogP contribution is 2.25. The molecule has 2 aromatic carbocycles. The van der Waals surface area contributed by atoms with E-state index < -0.39 is 15.7 Å². The third-order valence-corrected chi connectivity index (χ3v) is 5.90. The number of carbonyl (C=O) groups excluding carboxylic acids is 1. The van der Waals surface area contributed by atoms with E-state index in [1.165, 1.54) is 6.07 Å². The Bertz CT molecular complexity index is 888. The first kappa shape index (κ1) is 20.0. The summed E-state index contributed by atoms with van der Waals surface area (Å²) in [5, 5.41) is 2.63. The van der Waals surface area contributed by atoms with Crippen LogP contribution in [0, 0.1) is 6.92 Å². The second kappa shape index (κ2) is 8.36. The van der Waals surface area contributed by atoms with E-state index in [0.717, 1.165) is 11.1 Å². The Labute approximate surface area is 155 Å². The molecule has 6 heteroatoms. The Hall–Kier alpha value is -2.34. The van der Waals surface area contributed by atoms with Crippen LogP contribution in [-0.2, 0) is 14.6 Å². The summed E-state index contributed by atoms with van der Waals surface area (Å²) in [4.78, 5) is 12.4. The number of hydrogen-bond acceptors (Lipinski definition) is 4. The van der Waals surface area contributed by atoms with Gasteiger partial charge in [0.05, 0.1) is 16.3 Å². The monoisotopic (exact) mass is 375 g/mol. The van der Waals surface area contributed by atoms with E-state index in [1.807, 2.05) is 25.1 Å². The standard InChI is InChI=1S/C20H25NO4S/c1-5-26(23,24)19-9-7-6-8-17(19)21-20(22)13-25-18-12-16(14(2)3)11-10-15(18)4/h6-12,14H,5,13H2,1-4H3,(H,21,22). The lowest BCUT2D eigenvalue weighted by Crippen LogP contribution is -2.22. The minimum absolute atomic E-state index is 0.0302. The van der Waals surface area contributed by atoms with Crippen molar-refractivity contribution in [3.63, 3.8) is 0 Å². The third-order valence-electron chi connectivity index (χ3n) is 4.11. The first-order chi connectivity index (χ1) is 12.2. The number of carbonyl (C=O) groups is 1. The van der Waals surface area contributed by atoms with Crippen molar-refractivity contribution in [3.8, 4) is 5.75 Å². The highest BCUT2D eigenvalue weighted by atomic mass is 32.2. The summed E-state index contributed by atoms with van der Waals surface area (Å²) < 4.78 is 29.9. The maximum atomic E-state index is 12.3. The summed E-state index contributed by atoms with van der Waals surface area (Å²) in [6, 6.07) is 12.3. The van der Waals surface area contributed by atoms with Crippen LogP contribution in [0.4, 0.5) is 5.69 Å². The van der Waals surface area contributed by atoms with E-state index in [9.17, 15) is 13.2 Å². The number of sulfone groups is 1. The zero-order valence-electron chi connectivity index (χ0n) is 15.6. The molecule has 140 valence electrons. The second-order valence-corrected chi connectivity index (χ2v) is 8.66. The summed E-state index contributed by atoms with van der Waals surface area (Å²) in [6.45, 7) is 7.48. The summed E-state index contributed by atoms with van der Waals surface area (Å²) in [5.41, 5.74) is 2.34. The molecular weight excluding hydrogens is 350 g/mol. The summed E-state index contributed by atoms with van der Waals surface area (Å²) >= 11 is 0. The largest absolute Gasteiger partial charge is 0.483 e. The van der Waals surface area contributed by atoms with Gasteiger partial charge in [0.1, 0.15) is 5.75 Å². The lowest BCUT2D eigenvalue weighted by molar-refractivity contribution is -0.118. The average molecular weight is 375 g/mol. The van der Waals surface area contributed by atoms with E-state index >= 15 is 0 Å². The van der Waals surface area contributed by atoms with Crippen molar-refractivity contribution in [2.24, 2.45) is 0 Å². The van der Waals surface area contributed by atoms with Gasteiger partial charge in [-0.1, -0.05) is 45.0 Å².